The maximum absolute atomic E-state index is 12.5. The van der Waals surface area contributed by atoms with Crippen molar-refractivity contribution in [2.75, 3.05) is 6.54 Å². The molecule has 106 valence electrons. The van der Waals surface area contributed by atoms with Crippen LogP contribution in [-0.4, -0.2) is 18.6 Å². The normalized spacial score (nSPS) is 12.4. The second-order valence-electron chi connectivity index (χ2n) is 3.49. The van der Waals surface area contributed by atoms with Crippen LogP contribution < -0.4 is 5.32 Å². The molecule has 0 spiro atoms. The lowest BCUT2D eigenvalue weighted by Gasteiger charge is -2.12. The van der Waals surface area contributed by atoms with Gasteiger partial charge in [-0.05, 0) is 18.2 Å². The number of carbonyl (C=O) groups is 1. The number of carbonyl (C=O) groups excluding carboxylic acids is 1. The molecule has 0 atom stereocenters. The lowest BCUT2D eigenvalue weighted by atomic mass is 10.1. The fraction of sp³-hybridized carbons (Fsp3) is 0.300. The van der Waals surface area contributed by atoms with Crippen LogP contribution in [-0.2, 0) is 6.18 Å². The molecule has 0 saturated heterocycles. The van der Waals surface area contributed by atoms with E-state index in [1.54, 1.807) is 0 Å². The molecular formula is C10H6BrF6NO. The predicted octanol–water partition coefficient (Wildman–Crippen LogP) is 3.76. The van der Waals surface area contributed by atoms with Crippen LogP contribution >= 0.6 is 15.9 Å². The predicted molar refractivity (Wildman–Crippen MR) is 57.5 cm³/mol. The maximum Gasteiger partial charge on any atom is 0.417 e. The van der Waals surface area contributed by atoms with Crippen LogP contribution in [0.3, 0.4) is 0 Å². The van der Waals surface area contributed by atoms with Gasteiger partial charge < -0.3 is 5.32 Å². The molecule has 0 unspecified atom stereocenters. The summed E-state index contributed by atoms with van der Waals surface area (Å²) in [5.41, 5.74) is -1.63. The fourth-order valence-corrected chi connectivity index (χ4v) is 1.64. The summed E-state index contributed by atoms with van der Waals surface area (Å²) in [5.74, 6) is -1.23. The first kappa shape index (κ1) is 15.8. The van der Waals surface area contributed by atoms with E-state index in [9.17, 15) is 31.1 Å². The van der Waals surface area contributed by atoms with Crippen LogP contribution in [0.4, 0.5) is 26.3 Å². The van der Waals surface area contributed by atoms with Crippen LogP contribution in [0.2, 0.25) is 0 Å². The molecule has 1 aromatic rings. The van der Waals surface area contributed by atoms with E-state index in [4.69, 9.17) is 0 Å². The molecule has 0 fully saturated rings. The van der Waals surface area contributed by atoms with Crippen molar-refractivity contribution < 1.29 is 31.1 Å². The van der Waals surface area contributed by atoms with Crippen LogP contribution in [0.1, 0.15) is 15.9 Å². The van der Waals surface area contributed by atoms with Crippen molar-refractivity contribution >= 4 is 21.8 Å². The molecule has 19 heavy (non-hydrogen) atoms. The summed E-state index contributed by atoms with van der Waals surface area (Å²) in [4.78, 5) is 11.3. The lowest BCUT2D eigenvalue weighted by Crippen LogP contribution is -2.33. The molecule has 9 heteroatoms. The third-order valence-electron chi connectivity index (χ3n) is 1.98. The third kappa shape index (κ3) is 4.73. The van der Waals surface area contributed by atoms with E-state index in [2.05, 4.69) is 15.9 Å². The van der Waals surface area contributed by atoms with Gasteiger partial charge in [-0.1, -0.05) is 15.9 Å². The Kier molecular flexibility index (Phi) is 4.49. The highest BCUT2D eigenvalue weighted by molar-refractivity contribution is 9.10. The zero-order valence-corrected chi connectivity index (χ0v) is 10.6. The minimum atomic E-state index is -4.71. The molecular weight excluding hydrogens is 344 g/mol. The van der Waals surface area contributed by atoms with Gasteiger partial charge in [-0.25, -0.2) is 0 Å². The molecule has 0 aliphatic heterocycles. The highest BCUT2D eigenvalue weighted by atomic mass is 79.9. The fourth-order valence-electron chi connectivity index (χ4n) is 1.17. The van der Waals surface area contributed by atoms with Gasteiger partial charge in [-0.2, -0.15) is 26.3 Å². The smallest absolute Gasteiger partial charge is 0.343 e. The van der Waals surface area contributed by atoms with E-state index < -0.39 is 35.9 Å². The van der Waals surface area contributed by atoms with Crippen molar-refractivity contribution in [3.8, 4) is 0 Å². The highest BCUT2D eigenvalue weighted by Crippen LogP contribution is 2.35. The van der Waals surface area contributed by atoms with Crippen molar-refractivity contribution in [1.82, 2.24) is 5.32 Å². The van der Waals surface area contributed by atoms with Gasteiger partial charge in [0, 0.05) is 10.0 Å². The Balaban J connectivity index is 2.94. The zero-order chi connectivity index (χ0) is 14.8. The Labute approximate surface area is 111 Å². The molecule has 1 rings (SSSR count). The molecule has 0 aliphatic carbocycles. The van der Waals surface area contributed by atoms with Gasteiger partial charge in [-0.3, -0.25) is 4.79 Å². The summed E-state index contributed by atoms with van der Waals surface area (Å²) < 4.78 is 72.9. The summed E-state index contributed by atoms with van der Waals surface area (Å²) in [6.45, 7) is -1.61. The van der Waals surface area contributed by atoms with E-state index in [1.807, 2.05) is 0 Å². The molecule has 0 saturated carbocycles. The Morgan fingerprint density at radius 3 is 2.21 bits per heavy atom. The van der Waals surface area contributed by atoms with Crippen LogP contribution in [0, 0.1) is 0 Å². The summed E-state index contributed by atoms with van der Waals surface area (Å²) in [6, 6.07) is 2.42. The summed E-state index contributed by atoms with van der Waals surface area (Å²) in [7, 11) is 0. The Hall–Kier alpha value is -1.25. The number of hydrogen-bond acceptors (Lipinski definition) is 1. The zero-order valence-electron chi connectivity index (χ0n) is 8.99. The minimum absolute atomic E-state index is 0.299. The number of rotatable bonds is 2. The molecule has 0 aliphatic rings. The van der Waals surface area contributed by atoms with E-state index in [0.29, 0.717) is 6.07 Å². The molecule has 1 aromatic carbocycles. The Bertz CT molecular complexity index is 482. The summed E-state index contributed by atoms with van der Waals surface area (Å²) in [6.07, 6.45) is -9.34. The van der Waals surface area contributed by atoms with Crippen LogP contribution in [0.5, 0.6) is 0 Å². The van der Waals surface area contributed by atoms with E-state index >= 15 is 0 Å². The average molecular weight is 350 g/mol. The summed E-state index contributed by atoms with van der Waals surface area (Å²) in [5, 5.41) is 1.49. The highest BCUT2D eigenvalue weighted by Gasteiger charge is 2.34. The van der Waals surface area contributed by atoms with Crippen LogP contribution in [0.25, 0.3) is 0 Å². The van der Waals surface area contributed by atoms with Gasteiger partial charge in [0.15, 0.2) is 0 Å². The van der Waals surface area contributed by atoms with Crippen molar-refractivity contribution in [2.45, 2.75) is 12.4 Å². The first-order valence-corrected chi connectivity index (χ1v) is 5.52. The third-order valence-corrected chi connectivity index (χ3v) is 2.67. The minimum Gasteiger partial charge on any atom is -0.343 e. The molecule has 2 nitrogen and oxygen atoms in total. The Morgan fingerprint density at radius 1 is 1.16 bits per heavy atom. The lowest BCUT2D eigenvalue weighted by molar-refractivity contribution is -0.138. The van der Waals surface area contributed by atoms with E-state index in [1.165, 1.54) is 5.32 Å². The van der Waals surface area contributed by atoms with Crippen molar-refractivity contribution in [1.29, 1.82) is 0 Å². The van der Waals surface area contributed by atoms with Crippen molar-refractivity contribution in [3.05, 3.63) is 33.8 Å². The first-order valence-electron chi connectivity index (χ1n) is 4.72. The maximum atomic E-state index is 12.5. The second kappa shape index (κ2) is 5.40. The van der Waals surface area contributed by atoms with Gasteiger partial charge in [0.1, 0.15) is 6.54 Å². The number of halogens is 7. The standard InChI is InChI=1S/C10H6BrF6NO/c11-7-2-1-5(3-6(7)10(15,16)17)8(19)18-4-9(12,13)14/h1-3H,4H2,(H,18,19). The monoisotopic (exact) mass is 349 g/mol. The molecule has 0 heterocycles. The summed E-state index contributed by atoms with van der Waals surface area (Å²) >= 11 is 2.65. The SMILES string of the molecule is O=C(NCC(F)(F)F)c1ccc(Br)c(C(F)(F)F)c1. The van der Waals surface area contributed by atoms with Gasteiger partial charge in [0.2, 0.25) is 0 Å². The quantitative estimate of drug-likeness (QED) is 0.809. The Morgan fingerprint density at radius 2 is 1.74 bits per heavy atom. The number of benzene rings is 1. The average Bonchev–Trinajstić information content (AvgIpc) is 2.24. The van der Waals surface area contributed by atoms with Gasteiger partial charge >= 0.3 is 12.4 Å². The molecule has 0 bridgehead atoms. The molecule has 1 N–H and O–H groups in total. The molecule has 0 radical (unpaired) electrons. The van der Waals surface area contributed by atoms with Crippen LogP contribution in [0.15, 0.2) is 22.7 Å². The molecule has 1 amide bonds. The molecule has 0 aromatic heterocycles. The number of nitrogens with one attached hydrogen (secondary N) is 1. The largest absolute Gasteiger partial charge is 0.417 e. The van der Waals surface area contributed by atoms with Crippen molar-refractivity contribution in [2.24, 2.45) is 0 Å². The second-order valence-corrected chi connectivity index (χ2v) is 4.34. The number of amides is 1. The van der Waals surface area contributed by atoms with E-state index in [0.717, 1.165) is 12.1 Å². The van der Waals surface area contributed by atoms with Crippen molar-refractivity contribution in [3.63, 3.8) is 0 Å². The van der Waals surface area contributed by atoms with E-state index in [-0.39, 0.29) is 4.47 Å². The number of hydrogen-bond donors (Lipinski definition) is 1. The topological polar surface area (TPSA) is 29.1 Å². The van der Waals surface area contributed by atoms with Gasteiger partial charge in [0.05, 0.1) is 5.56 Å². The first-order chi connectivity index (χ1) is 8.50. The van der Waals surface area contributed by atoms with Gasteiger partial charge in [-0.15, -0.1) is 0 Å². The van der Waals surface area contributed by atoms with Gasteiger partial charge in [0.25, 0.3) is 5.91 Å². The number of alkyl halides is 6.